The molecule has 0 unspecified atom stereocenters. The topological polar surface area (TPSA) is 0 Å². The van der Waals surface area contributed by atoms with Gasteiger partial charge in [0.05, 0.1) is 0 Å². The molecule has 0 spiro atoms. The van der Waals surface area contributed by atoms with Crippen LogP contribution in [0.5, 0.6) is 0 Å². The van der Waals surface area contributed by atoms with E-state index in [1.54, 1.807) is 0 Å². The molecular weight excluding hydrogens is 379 g/mol. The molecule has 0 aromatic heterocycles. The van der Waals surface area contributed by atoms with Crippen LogP contribution < -0.4 is 0 Å². The zero-order valence-electron chi connectivity index (χ0n) is 14.5. The summed E-state index contributed by atoms with van der Waals surface area (Å²) >= 11 is 2.60. The van der Waals surface area contributed by atoms with E-state index in [1.807, 2.05) is 5.57 Å². The third-order valence-electron chi connectivity index (χ3n) is 8.67. The first kappa shape index (κ1) is 16.0. The maximum Gasteiger partial charge on any atom is -0.000189 e. The first-order chi connectivity index (χ1) is 10.6. The molecule has 0 heterocycles. The predicted octanol–water partition coefficient (Wildman–Crippen LogP) is 6.78. The van der Waals surface area contributed by atoms with Crippen LogP contribution in [0.1, 0.15) is 78.1 Å². The molecule has 0 saturated heterocycles. The Morgan fingerprint density at radius 2 is 1.95 bits per heavy atom. The Labute approximate surface area is 151 Å². The number of hydrogen-bond donors (Lipinski definition) is 0. The smallest absolute Gasteiger partial charge is 0.000189 e. The van der Waals surface area contributed by atoms with Gasteiger partial charge in [-0.25, -0.2) is 0 Å². The van der Waals surface area contributed by atoms with E-state index in [0.717, 1.165) is 23.7 Å². The molecule has 3 saturated carbocycles. The second-order valence-electron chi connectivity index (χ2n) is 9.26. The number of hydrogen-bond acceptors (Lipinski definition) is 0. The lowest BCUT2D eigenvalue weighted by Gasteiger charge is -2.57. The number of rotatable bonds is 2. The minimum absolute atomic E-state index is 0.587. The lowest BCUT2D eigenvalue weighted by Crippen LogP contribution is -2.49. The number of allylic oxidation sites excluding steroid dienone is 2. The van der Waals surface area contributed by atoms with E-state index in [4.69, 9.17) is 0 Å². The van der Waals surface area contributed by atoms with E-state index in [9.17, 15) is 0 Å². The first-order valence-corrected chi connectivity index (χ1v) is 11.4. The largest absolute Gasteiger partial charge is 0.0864 e. The van der Waals surface area contributed by atoms with E-state index < -0.39 is 0 Å². The molecule has 0 bridgehead atoms. The van der Waals surface area contributed by atoms with Gasteiger partial charge in [0.2, 0.25) is 0 Å². The van der Waals surface area contributed by atoms with Crippen LogP contribution in [0.4, 0.5) is 0 Å². The fourth-order valence-corrected chi connectivity index (χ4v) is 8.16. The summed E-state index contributed by atoms with van der Waals surface area (Å²) in [6.45, 7) is 5.33. The molecule has 124 valence electrons. The summed E-state index contributed by atoms with van der Waals surface area (Å²) in [4.78, 5) is 0. The van der Waals surface area contributed by atoms with Gasteiger partial charge in [-0.2, -0.15) is 0 Å². The highest BCUT2D eigenvalue weighted by molar-refractivity contribution is 14.1. The van der Waals surface area contributed by atoms with E-state index in [2.05, 4.69) is 42.5 Å². The molecule has 0 radical (unpaired) electrons. The molecule has 4 aliphatic rings. The molecule has 0 nitrogen and oxygen atoms in total. The van der Waals surface area contributed by atoms with Crippen LogP contribution >= 0.6 is 22.6 Å². The van der Waals surface area contributed by atoms with Crippen LogP contribution in [0.25, 0.3) is 0 Å². The van der Waals surface area contributed by atoms with Crippen LogP contribution in [-0.2, 0) is 0 Å². The summed E-state index contributed by atoms with van der Waals surface area (Å²) < 4.78 is 1.36. The van der Waals surface area contributed by atoms with E-state index in [0.29, 0.717) is 10.8 Å². The zero-order valence-corrected chi connectivity index (χ0v) is 16.7. The van der Waals surface area contributed by atoms with Gasteiger partial charge in [0.25, 0.3) is 0 Å². The highest BCUT2D eigenvalue weighted by Crippen LogP contribution is 2.66. The van der Waals surface area contributed by atoms with Crippen molar-refractivity contribution in [1.29, 1.82) is 0 Å². The van der Waals surface area contributed by atoms with Gasteiger partial charge in [-0.1, -0.05) is 54.5 Å². The van der Waals surface area contributed by atoms with Crippen molar-refractivity contribution in [2.24, 2.45) is 34.5 Å². The molecule has 0 aromatic carbocycles. The number of fused-ring (bicyclic) bond motifs is 5. The molecule has 3 fully saturated rings. The Bertz CT molecular complexity index is 467. The van der Waals surface area contributed by atoms with Crippen LogP contribution in [0.15, 0.2) is 11.6 Å². The molecule has 0 aromatic rings. The molecule has 4 rings (SSSR count). The van der Waals surface area contributed by atoms with E-state index >= 15 is 0 Å². The van der Waals surface area contributed by atoms with Crippen LogP contribution in [-0.4, -0.2) is 4.43 Å². The summed E-state index contributed by atoms with van der Waals surface area (Å²) in [5, 5.41) is 0. The van der Waals surface area contributed by atoms with Gasteiger partial charge in [0.15, 0.2) is 0 Å². The third kappa shape index (κ3) is 2.19. The minimum Gasteiger partial charge on any atom is -0.0864 e. The first-order valence-electron chi connectivity index (χ1n) is 9.85. The Balaban J connectivity index is 1.63. The fraction of sp³-hybridized carbons (Fsp3) is 0.905. The van der Waals surface area contributed by atoms with Crippen molar-refractivity contribution >= 4 is 22.6 Å². The molecule has 1 heteroatoms. The van der Waals surface area contributed by atoms with Gasteiger partial charge in [0.1, 0.15) is 0 Å². The average Bonchev–Trinajstić information content (AvgIpc) is 2.84. The summed E-state index contributed by atoms with van der Waals surface area (Å²) in [6.07, 6.45) is 17.6. The molecule has 6 atom stereocenters. The van der Waals surface area contributed by atoms with Crippen molar-refractivity contribution in [3.8, 4) is 0 Å². The van der Waals surface area contributed by atoms with Gasteiger partial charge in [-0.15, -0.1) is 0 Å². The average molecular weight is 412 g/mol. The normalized spacial score (nSPS) is 50.8. The minimum atomic E-state index is 0.587. The summed E-state index contributed by atoms with van der Waals surface area (Å²) in [5.41, 5.74) is 3.14. The Morgan fingerprint density at radius 1 is 1.09 bits per heavy atom. The quantitative estimate of drug-likeness (QED) is 0.266. The van der Waals surface area contributed by atoms with Crippen LogP contribution in [0.3, 0.4) is 0 Å². The van der Waals surface area contributed by atoms with E-state index in [-0.39, 0.29) is 0 Å². The molecule has 0 aliphatic heterocycles. The Kier molecular flexibility index (Phi) is 4.19. The van der Waals surface area contributed by atoms with Crippen molar-refractivity contribution in [1.82, 2.24) is 0 Å². The molecule has 0 amide bonds. The second-order valence-corrected chi connectivity index (χ2v) is 10.3. The highest BCUT2D eigenvalue weighted by atomic mass is 127. The Hall–Kier alpha value is 0.470. The van der Waals surface area contributed by atoms with Gasteiger partial charge >= 0.3 is 0 Å². The maximum atomic E-state index is 2.72. The van der Waals surface area contributed by atoms with Crippen molar-refractivity contribution in [3.05, 3.63) is 11.6 Å². The SMILES string of the molecule is C[C@]12CC[C@H]3[C@@H](CC=C4CCCC[C@@]43C)[C@@H]1CC[C@@H]2CCI. The van der Waals surface area contributed by atoms with E-state index in [1.165, 1.54) is 68.6 Å². The molecule has 4 aliphatic carbocycles. The molecular formula is C21H33I. The summed E-state index contributed by atoms with van der Waals surface area (Å²) in [6, 6.07) is 0. The lowest BCUT2D eigenvalue weighted by atomic mass is 9.47. The number of alkyl halides is 1. The number of halogens is 1. The zero-order chi connectivity index (χ0) is 15.4. The van der Waals surface area contributed by atoms with Crippen molar-refractivity contribution in [2.75, 3.05) is 4.43 Å². The van der Waals surface area contributed by atoms with Gasteiger partial charge in [-0.05, 0) is 96.7 Å². The van der Waals surface area contributed by atoms with Crippen molar-refractivity contribution in [3.63, 3.8) is 0 Å². The molecule has 22 heavy (non-hydrogen) atoms. The standard InChI is InChI=1S/C21H33I/c1-20-12-4-3-5-15(20)6-8-17-18-9-7-16(11-14-22)21(18,2)13-10-19(17)20/h6,16-19H,3-5,7-14H2,1-2H3/t16-,17+,18+,19+,20+,21-/m1/s1. The van der Waals surface area contributed by atoms with Gasteiger partial charge in [0, 0.05) is 0 Å². The maximum absolute atomic E-state index is 2.72. The third-order valence-corrected chi connectivity index (χ3v) is 9.29. The predicted molar refractivity (Wildman–Crippen MR) is 103 cm³/mol. The Morgan fingerprint density at radius 3 is 2.77 bits per heavy atom. The second kappa shape index (κ2) is 5.77. The van der Waals surface area contributed by atoms with Gasteiger partial charge in [-0.3, -0.25) is 0 Å². The molecule has 0 N–H and O–H groups in total. The lowest BCUT2D eigenvalue weighted by molar-refractivity contribution is -0.0412. The van der Waals surface area contributed by atoms with Crippen molar-refractivity contribution in [2.45, 2.75) is 78.1 Å². The summed E-state index contributed by atoms with van der Waals surface area (Å²) in [5.74, 6) is 4.10. The highest BCUT2D eigenvalue weighted by Gasteiger charge is 2.57. The van der Waals surface area contributed by atoms with Gasteiger partial charge < -0.3 is 0 Å². The fourth-order valence-electron chi connectivity index (χ4n) is 7.41. The monoisotopic (exact) mass is 412 g/mol. The van der Waals surface area contributed by atoms with Crippen LogP contribution in [0.2, 0.25) is 0 Å². The summed E-state index contributed by atoms with van der Waals surface area (Å²) in [7, 11) is 0. The van der Waals surface area contributed by atoms with Crippen molar-refractivity contribution < 1.29 is 0 Å². The van der Waals surface area contributed by atoms with Crippen LogP contribution in [0, 0.1) is 34.5 Å².